The third-order valence-electron chi connectivity index (χ3n) is 6.14. The topological polar surface area (TPSA) is 125 Å². The predicted octanol–water partition coefficient (Wildman–Crippen LogP) is 6.04. The van der Waals surface area contributed by atoms with Crippen LogP contribution in [0.5, 0.6) is 0 Å². The van der Waals surface area contributed by atoms with E-state index < -0.39 is 11.9 Å². The molecule has 0 aliphatic carbocycles. The summed E-state index contributed by atoms with van der Waals surface area (Å²) in [5, 5.41) is 0. The van der Waals surface area contributed by atoms with Gasteiger partial charge in [0.1, 0.15) is 13.2 Å². The normalized spacial score (nSPS) is 11.0. The summed E-state index contributed by atoms with van der Waals surface area (Å²) < 4.78 is 10.5. The van der Waals surface area contributed by atoms with Crippen LogP contribution in [-0.4, -0.2) is 55.5 Å². The molecule has 41 heavy (non-hydrogen) atoms. The van der Waals surface area contributed by atoms with Crippen molar-refractivity contribution in [1.82, 2.24) is 4.90 Å². The summed E-state index contributed by atoms with van der Waals surface area (Å²) in [6, 6.07) is 21.6. The summed E-state index contributed by atoms with van der Waals surface area (Å²) in [6.45, 7) is 8.28. The summed E-state index contributed by atoms with van der Waals surface area (Å²) in [5.41, 5.74) is 15.5. The molecule has 0 heterocycles. The lowest BCUT2D eigenvalue weighted by Gasteiger charge is -2.22. The van der Waals surface area contributed by atoms with Crippen molar-refractivity contribution < 1.29 is 23.9 Å². The quantitative estimate of drug-likeness (QED) is 0.108. The third kappa shape index (κ3) is 11.9. The Hall–Kier alpha value is -3.53. The number of benzene rings is 3. The summed E-state index contributed by atoms with van der Waals surface area (Å²) >= 11 is 3.37. The fourth-order valence-electron chi connectivity index (χ4n) is 3.83. The molecule has 9 heteroatoms. The maximum Gasteiger partial charge on any atom is 0.338 e. The van der Waals surface area contributed by atoms with Gasteiger partial charge in [0.15, 0.2) is 5.78 Å². The molecule has 0 aliphatic heterocycles. The zero-order chi connectivity index (χ0) is 29.5. The van der Waals surface area contributed by atoms with Crippen molar-refractivity contribution in [3.63, 3.8) is 0 Å². The molecule has 0 saturated carbocycles. The van der Waals surface area contributed by atoms with Gasteiger partial charge in [0.25, 0.3) is 0 Å². The molecular formula is C32H42BrN3O5. The van der Waals surface area contributed by atoms with Crippen LogP contribution < -0.4 is 11.5 Å². The summed E-state index contributed by atoms with van der Waals surface area (Å²) in [5.74, 6) is -0.862. The lowest BCUT2D eigenvalue weighted by molar-refractivity contribution is -0.142. The van der Waals surface area contributed by atoms with Crippen molar-refractivity contribution in [3.8, 4) is 0 Å². The van der Waals surface area contributed by atoms with Gasteiger partial charge in [0, 0.05) is 28.6 Å². The zero-order valence-corrected chi connectivity index (χ0v) is 24.9. The van der Waals surface area contributed by atoms with Gasteiger partial charge < -0.3 is 25.8 Å². The Kier molecular flexibility index (Phi) is 16.2. The van der Waals surface area contributed by atoms with E-state index in [0.717, 1.165) is 37.2 Å². The number of ketones is 1. The van der Waals surface area contributed by atoms with Gasteiger partial charge in [0.05, 0.1) is 11.3 Å². The Balaban J connectivity index is 0.000000469. The van der Waals surface area contributed by atoms with Gasteiger partial charge in [-0.1, -0.05) is 81.9 Å². The lowest BCUT2D eigenvalue weighted by atomic mass is 9.99. The molecule has 3 aromatic rings. The van der Waals surface area contributed by atoms with E-state index in [4.69, 9.17) is 20.9 Å². The first-order chi connectivity index (χ1) is 19.2. The van der Waals surface area contributed by atoms with Crippen LogP contribution in [-0.2, 0) is 14.3 Å². The zero-order valence-electron chi connectivity index (χ0n) is 23.3. The number of halogens is 1. The van der Waals surface area contributed by atoms with Crippen LogP contribution in [0.25, 0.3) is 0 Å². The molecule has 0 aliphatic rings. The monoisotopic (exact) mass is 627 g/mol. The number of carbonyl (C=O) groups is 3. The Bertz CT molecular complexity index is 1190. The van der Waals surface area contributed by atoms with Gasteiger partial charge in [-0.15, -0.1) is 0 Å². The van der Waals surface area contributed by atoms with Gasteiger partial charge in [-0.25, -0.2) is 4.79 Å². The lowest BCUT2D eigenvalue weighted by Crippen LogP contribution is -2.27. The largest absolute Gasteiger partial charge is 0.462 e. The molecular weight excluding hydrogens is 586 g/mol. The van der Waals surface area contributed by atoms with Gasteiger partial charge in [-0.05, 0) is 59.7 Å². The Morgan fingerprint density at radius 3 is 1.85 bits per heavy atom. The molecule has 3 aromatic carbocycles. The highest BCUT2D eigenvalue weighted by Gasteiger charge is 2.18. The van der Waals surface area contributed by atoms with Crippen LogP contribution in [0.2, 0.25) is 0 Å². The Morgan fingerprint density at radius 2 is 1.37 bits per heavy atom. The molecule has 0 aromatic heterocycles. The molecule has 4 N–H and O–H groups in total. The standard InChI is InChI=1S/C18H28BrN3O4.C13H10O.CH4/c1-4-22(5-2)7-6-16(20)14-10-13(11-15(19)17(14)21)18(24)26-9-8-25-12(3)23;14-13(11-7-3-1-4-8-11)12-9-5-2-6-10-12;/h10-11,16H,4-9,20-21H2,1-3H3;1-10H;1H4. The Morgan fingerprint density at radius 1 is 0.854 bits per heavy atom. The first kappa shape index (κ1) is 35.5. The summed E-state index contributed by atoms with van der Waals surface area (Å²) in [6.07, 6.45) is 0.725. The number of rotatable bonds is 12. The minimum Gasteiger partial charge on any atom is -0.462 e. The average Bonchev–Trinajstić information content (AvgIpc) is 2.97. The number of esters is 2. The van der Waals surface area contributed by atoms with Crippen LogP contribution in [0, 0.1) is 0 Å². The van der Waals surface area contributed by atoms with Crippen LogP contribution in [0.1, 0.15) is 72.5 Å². The molecule has 1 unspecified atom stereocenters. The summed E-state index contributed by atoms with van der Waals surface area (Å²) in [4.78, 5) is 37.0. The fourth-order valence-corrected chi connectivity index (χ4v) is 4.31. The predicted molar refractivity (Wildman–Crippen MR) is 168 cm³/mol. The van der Waals surface area contributed by atoms with Crippen molar-refractivity contribution in [2.24, 2.45) is 5.73 Å². The van der Waals surface area contributed by atoms with Crippen molar-refractivity contribution in [3.05, 3.63) is 99.5 Å². The Labute approximate surface area is 252 Å². The highest BCUT2D eigenvalue weighted by Crippen LogP contribution is 2.30. The average molecular weight is 629 g/mol. The number of hydrogen-bond acceptors (Lipinski definition) is 8. The number of ether oxygens (including phenoxy) is 2. The number of hydrogen-bond donors (Lipinski definition) is 2. The molecule has 3 rings (SSSR count). The summed E-state index contributed by atoms with van der Waals surface area (Å²) in [7, 11) is 0. The molecule has 222 valence electrons. The number of nitrogens with zero attached hydrogens (tertiary/aromatic N) is 1. The van der Waals surface area contributed by atoms with Gasteiger partial charge in [-0.3, -0.25) is 9.59 Å². The molecule has 0 spiro atoms. The number of nitrogen functional groups attached to an aromatic ring is 1. The fraction of sp³-hybridized carbons (Fsp3) is 0.344. The van der Waals surface area contributed by atoms with Crippen molar-refractivity contribution in [2.75, 3.05) is 38.6 Å². The molecule has 8 nitrogen and oxygen atoms in total. The molecule has 0 radical (unpaired) electrons. The minimum absolute atomic E-state index is 0. The van der Waals surface area contributed by atoms with Crippen LogP contribution in [0.15, 0.2) is 77.3 Å². The molecule has 0 bridgehead atoms. The number of anilines is 1. The van der Waals surface area contributed by atoms with E-state index in [2.05, 4.69) is 34.7 Å². The van der Waals surface area contributed by atoms with Gasteiger partial charge in [0.2, 0.25) is 0 Å². The number of nitrogens with two attached hydrogens (primary N) is 2. The van der Waals surface area contributed by atoms with E-state index in [0.29, 0.717) is 21.3 Å². The first-order valence-electron chi connectivity index (χ1n) is 13.2. The third-order valence-corrected chi connectivity index (χ3v) is 6.80. The first-order valence-corrected chi connectivity index (χ1v) is 14.0. The second-order valence-electron chi connectivity index (χ2n) is 8.92. The van der Waals surface area contributed by atoms with E-state index in [1.165, 1.54) is 6.92 Å². The molecule has 1 atom stereocenters. The maximum absolute atomic E-state index is 12.2. The van der Waals surface area contributed by atoms with Crippen molar-refractivity contribution in [1.29, 1.82) is 0 Å². The van der Waals surface area contributed by atoms with E-state index in [9.17, 15) is 14.4 Å². The second-order valence-corrected chi connectivity index (χ2v) is 9.77. The smallest absolute Gasteiger partial charge is 0.338 e. The van der Waals surface area contributed by atoms with Crippen LogP contribution in [0.3, 0.4) is 0 Å². The second kappa shape index (κ2) is 18.7. The van der Waals surface area contributed by atoms with E-state index in [1.807, 2.05) is 60.7 Å². The molecule has 0 amide bonds. The van der Waals surface area contributed by atoms with E-state index in [-0.39, 0.29) is 32.5 Å². The molecule has 0 fully saturated rings. The highest BCUT2D eigenvalue weighted by molar-refractivity contribution is 9.10. The SMILES string of the molecule is C.CCN(CC)CCC(N)c1cc(C(=O)OCCOC(C)=O)cc(Br)c1N.O=C(c1ccccc1)c1ccccc1. The van der Waals surface area contributed by atoms with E-state index in [1.54, 1.807) is 12.1 Å². The van der Waals surface area contributed by atoms with Crippen molar-refractivity contribution in [2.45, 2.75) is 40.7 Å². The highest BCUT2D eigenvalue weighted by atomic mass is 79.9. The number of carbonyl (C=O) groups excluding carboxylic acids is 3. The molecule has 0 saturated heterocycles. The van der Waals surface area contributed by atoms with Gasteiger partial charge >= 0.3 is 11.9 Å². The maximum atomic E-state index is 12.2. The minimum atomic E-state index is -0.518. The van der Waals surface area contributed by atoms with Gasteiger partial charge in [-0.2, -0.15) is 0 Å². The van der Waals surface area contributed by atoms with Crippen LogP contribution in [0.4, 0.5) is 5.69 Å². The van der Waals surface area contributed by atoms with E-state index >= 15 is 0 Å². The van der Waals surface area contributed by atoms with Crippen molar-refractivity contribution >= 4 is 39.3 Å². The van der Waals surface area contributed by atoms with Crippen LogP contribution >= 0.6 is 15.9 Å².